The summed E-state index contributed by atoms with van der Waals surface area (Å²) in [6.45, 7) is 9.45. The fourth-order valence-corrected chi connectivity index (χ4v) is 6.76. The van der Waals surface area contributed by atoms with Gasteiger partial charge in [0.05, 0.1) is 0 Å². The second-order valence-electron chi connectivity index (χ2n) is 10.5. The summed E-state index contributed by atoms with van der Waals surface area (Å²) in [5.74, 6) is 2.23. The smallest absolute Gasteiger partial charge is 0.00954 e. The summed E-state index contributed by atoms with van der Waals surface area (Å²) in [7, 11) is 0. The van der Waals surface area contributed by atoms with E-state index in [-0.39, 0.29) is 0 Å². The molecular formula is C30H36. The molecule has 0 N–H and O–H groups in total. The first-order valence-corrected chi connectivity index (χ1v) is 12.1. The van der Waals surface area contributed by atoms with Crippen molar-refractivity contribution in [1.82, 2.24) is 0 Å². The molecule has 0 amide bonds. The van der Waals surface area contributed by atoms with Gasteiger partial charge in [-0.15, -0.1) is 0 Å². The Bertz CT molecular complexity index is 919. The van der Waals surface area contributed by atoms with Crippen LogP contribution in [0, 0.1) is 17.3 Å². The zero-order chi connectivity index (χ0) is 20.9. The first kappa shape index (κ1) is 19.9. The monoisotopic (exact) mass is 396 g/mol. The third-order valence-electron chi connectivity index (χ3n) is 8.17. The molecule has 2 aromatic rings. The Morgan fingerprint density at radius 2 is 1.07 bits per heavy atom. The summed E-state index contributed by atoms with van der Waals surface area (Å²) in [5, 5.41) is 0. The van der Waals surface area contributed by atoms with Crippen LogP contribution in [0.15, 0.2) is 60.7 Å². The van der Waals surface area contributed by atoms with Crippen LogP contribution >= 0.6 is 0 Å². The van der Waals surface area contributed by atoms with Gasteiger partial charge in [0, 0.05) is 11.8 Å². The standard InChI is InChI=1S/C30H36/c1-20(2)26-18-28(24-14-8-6-12-22(24)26)30(16-10-5-11-17-30)29-19-27(21(3)4)23-13-7-9-15-25(23)29/h6-9,12-15,18-21,28-29H,5,10-11,16-17H2,1-4H3. The summed E-state index contributed by atoms with van der Waals surface area (Å²) in [5.41, 5.74) is 9.65. The number of benzene rings is 2. The predicted molar refractivity (Wildman–Crippen MR) is 130 cm³/mol. The molecule has 0 spiro atoms. The van der Waals surface area contributed by atoms with Crippen molar-refractivity contribution in [2.45, 2.75) is 71.6 Å². The Labute approximate surface area is 183 Å². The van der Waals surface area contributed by atoms with E-state index < -0.39 is 0 Å². The van der Waals surface area contributed by atoms with Crippen molar-refractivity contribution >= 4 is 11.1 Å². The molecule has 3 aliphatic carbocycles. The summed E-state index contributed by atoms with van der Waals surface area (Å²) in [6, 6.07) is 18.6. The van der Waals surface area contributed by atoms with Crippen LogP contribution in [-0.4, -0.2) is 0 Å². The molecule has 0 bridgehead atoms. The molecule has 156 valence electrons. The van der Waals surface area contributed by atoms with Crippen molar-refractivity contribution in [3.63, 3.8) is 0 Å². The molecule has 0 aliphatic heterocycles. The lowest BCUT2D eigenvalue weighted by atomic mass is 9.57. The molecule has 1 saturated carbocycles. The lowest BCUT2D eigenvalue weighted by Gasteiger charge is -2.46. The van der Waals surface area contributed by atoms with Gasteiger partial charge >= 0.3 is 0 Å². The Balaban J connectivity index is 1.70. The number of allylic oxidation sites excluding steroid dienone is 4. The molecule has 2 unspecified atom stereocenters. The molecule has 0 nitrogen and oxygen atoms in total. The fraction of sp³-hybridized carbons (Fsp3) is 0.467. The highest BCUT2D eigenvalue weighted by molar-refractivity contribution is 5.79. The van der Waals surface area contributed by atoms with Crippen molar-refractivity contribution in [3.8, 4) is 0 Å². The average Bonchev–Trinajstić information content (AvgIpc) is 3.34. The topological polar surface area (TPSA) is 0 Å². The van der Waals surface area contributed by atoms with E-state index in [1.54, 1.807) is 22.3 Å². The van der Waals surface area contributed by atoms with Crippen molar-refractivity contribution < 1.29 is 0 Å². The van der Waals surface area contributed by atoms with Gasteiger partial charge in [0.2, 0.25) is 0 Å². The van der Waals surface area contributed by atoms with Crippen molar-refractivity contribution in [2.75, 3.05) is 0 Å². The average molecular weight is 397 g/mol. The third kappa shape index (κ3) is 2.95. The molecule has 30 heavy (non-hydrogen) atoms. The Hall–Kier alpha value is -2.08. The maximum Gasteiger partial charge on any atom is 0.00954 e. The molecule has 0 saturated heterocycles. The molecule has 1 fully saturated rings. The lowest BCUT2D eigenvalue weighted by Crippen LogP contribution is -2.35. The van der Waals surface area contributed by atoms with Crippen LogP contribution in [-0.2, 0) is 0 Å². The Kier molecular flexibility index (Phi) is 5.00. The molecule has 5 rings (SSSR count). The zero-order valence-corrected chi connectivity index (χ0v) is 19.1. The number of fused-ring (bicyclic) bond motifs is 2. The van der Waals surface area contributed by atoms with Crippen LogP contribution < -0.4 is 0 Å². The van der Waals surface area contributed by atoms with E-state index in [1.165, 1.54) is 43.2 Å². The van der Waals surface area contributed by atoms with Crippen molar-refractivity contribution in [2.24, 2.45) is 17.3 Å². The number of hydrogen-bond donors (Lipinski definition) is 0. The van der Waals surface area contributed by atoms with Crippen LogP contribution in [0.2, 0.25) is 0 Å². The molecular weight excluding hydrogens is 360 g/mol. The van der Waals surface area contributed by atoms with E-state index in [0.717, 1.165) is 0 Å². The molecule has 0 heteroatoms. The minimum atomic E-state index is 0.303. The van der Waals surface area contributed by atoms with E-state index in [0.29, 0.717) is 29.1 Å². The van der Waals surface area contributed by atoms with Gasteiger partial charge < -0.3 is 0 Å². The van der Waals surface area contributed by atoms with E-state index in [9.17, 15) is 0 Å². The van der Waals surface area contributed by atoms with Crippen molar-refractivity contribution in [3.05, 3.63) is 82.9 Å². The van der Waals surface area contributed by atoms with E-state index in [4.69, 9.17) is 0 Å². The summed E-state index contributed by atoms with van der Waals surface area (Å²) < 4.78 is 0. The van der Waals surface area contributed by atoms with Gasteiger partial charge in [-0.25, -0.2) is 0 Å². The second-order valence-corrected chi connectivity index (χ2v) is 10.5. The Morgan fingerprint density at radius 1 is 0.633 bits per heavy atom. The molecule has 0 radical (unpaired) electrons. The minimum Gasteiger partial charge on any atom is -0.0723 e. The van der Waals surface area contributed by atoms with Crippen molar-refractivity contribution in [1.29, 1.82) is 0 Å². The highest BCUT2D eigenvalue weighted by atomic mass is 14.5. The zero-order valence-electron chi connectivity index (χ0n) is 19.1. The summed E-state index contributed by atoms with van der Waals surface area (Å²) in [6.07, 6.45) is 12.2. The van der Waals surface area contributed by atoms with E-state index >= 15 is 0 Å². The van der Waals surface area contributed by atoms with Crippen LogP contribution in [0.1, 0.15) is 93.9 Å². The van der Waals surface area contributed by atoms with Crippen LogP contribution in [0.4, 0.5) is 0 Å². The predicted octanol–water partition coefficient (Wildman–Crippen LogP) is 8.61. The van der Waals surface area contributed by atoms with Gasteiger partial charge in [-0.3, -0.25) is 0 Å². The SMILES string of the molecule is CC(C)C1=CC(C2(C3C=C(C(C)C)c4ccccc43)CCCCC2)c2ccccc21. The van der Waals surface area contributed by atoms with Crippen LogP contribution in [0.3, 0.4) is 0 Å². The maximum absolute atomic E-state index is 2.68. The van der Waals surface area contributed by atoms with Gasteiger partial charge in [-0.2, -0.15) is 0 Å². The maximum atomic E-state index is 2.68. The normalized spacial score (nSPS) is 24.6. The van der Waals surface area contributed by atoms with E-state index in [1.807, 2.05) is 0 Å². The number of hydrogen-bond acceptors (Lipinski definition) is 0. The van der Waals surface area contributed by atoms with Gasteiger partial charge in [0.1, 0.15) is 0 Å². The van der Waals surface area contributed by atoms with Gasteiger partial charge in [0.15, 0.2) is 0 Å². The highest BCUT2D eigenvalue weighted by Crippen LogP contribution is 2.63. The van der Waals surface area contributed by atoms with Gasteiger partial charge in [-0.05, 0) is 63.5 Å². The second kappa shape index (κ2) is 7.56. The molecule has 2 atom stereocenters. The molecule has 3 aliphatic rings. The largest absolute Gasteiger partial charge is 0.0723 e. The van der Waals surface area contributed by atoms with Gasteiger partial charge in [0.25, 0.3) is 0 Å². The molecule has 0 aromatic heterocycles. The highest BCUT2D eigenvalue weighted by Gasteiger charge is 2.49. The lowest BCUT2D eigenvalue weighted by molar-refractivity contribution is 0.144. The van der Waals surface area contributed by atoms with Crippen LogP contribution in [0.5, 0.6) is 0 Å². The van der Waals surface area contributed by atoms with Gasteiger partial charge in [-0.1, -0.05) is 108 Å². The summed E-state index contributed by atoms with van der Waals surface area (Å²) >= 11 is 0. The Morgan fingerprint density at radius 3 is 1.50 bits per heavy atom. The first-order chi connectivity index (χ1) is 14.5. The molecule has 2 aromatic carbocycles. The third-order valence-corrected chi connectivity index (χ3v) is 8.17. The van der Waals surface area contributed by atoms with Crippen LogP contribution in [0.25, 0.3) is 11.1 Å². The number of rotatable bonds is 4. The summed E-state index contributed by atoms with van der Waals surface area (Å²) in [4.78, 5) is 0. The molecule has 0 heterocycles. The quantitative estimate of drug-likeness (QED) is 0.485. The minimum absolute atomic E-state index is 0.303. The first-order valence-electron chi connectivity index (χ1n) is 12.1. The fourth-order valence-electron chi connectivity index (χ4n) is 6.76. The van der Waals surface area contributed by atoms with E-state index in [2.05, 4.69) is 88.4 Å².